The zero-order valence-corrected chi connectivity index (χ0v) is 15.6. The number of nitriles is 1. The van der Waals surface area contributed by atoms with Crippen LogP contribution in [0.2, 0.25) is 0 Å². The Morgan fingerprint density at radius 1 is 1.00 bits per heavy atom. The average Bonchev–Trinajstić information content (AvgIpc) is 2.73. The summed E-state index contributed by atoms with van der Waals surface area (Å²) in [6.45, 7) is 2.46. The first-order valence-electron chi connectivity index (χ1n) is 8.90. The van der Waals surface area contributed by atoms with E-state index < -0.39 is 5.91 Å². The highest BCUT2D eigenvalue weighted by atomic mass is 16.5. The maximum absolute atomic E-state index is 12.3. The van der Waals surface area contributed by atoms with Crippen molar-refractivity contribution in [2.24, 2.45) is 0 Å². The van der Waals surface area contributed by atoms with Crippen LogP contribution in [0.3, 0.4) is 0 Å². The van der Waals surface area contributed by atoms with Gasteiger partial charge in [0.05, 0.1) is 0 Å². The van der Waals surface area contributed by atoms with Gasteiger partial charge in [-0.25, -0.2) is 0 Å². The molecular weight excluding hydrogens is 348 g/mol. The molecule has 0 saturated carbocycles. The van der Waals surface area contributed by atoms with Gasteiger partial charge in [-0.05, 0) is 48.4 Å². The van der Waals surface area contributed by atoms with Crippen LogP contribution in [-0.4, -0.2) is 5.91 Å². The van der Waals surface area contributed by atoms with Gasteiger partial charge in [0, 0.05) is 5.69 Å². The molecule has 28 heavy (non-hydrogen) atoms. The van der Waals surface area contributed by atoms with Gasteiger partial charge in [-0.3, -0.25) is 4.79 Å². The van der Waals surface area contributed by atoms with E-state index in [1.165, 1.54) is 0 Å². The number of anilines is 1. The maximum Gasteiger partial charge on any atom is 0.266 e. The van der Waals surface area contributed by atoms with E-state index >= 15 is 0 Å². The minimum atomic E-state index is -0.434. The van der Waals surface area contributed by atoms with Crippen LogP contribution in [-0.2, 0) is 11.4 Å². The fraction of sp³-hybridized carbons (Fsp3) is 0.0833. The van der Waals surface area contributed by atoms with Crippen LogP contribution in [0.25, 0.3) is 6.08 Å². The lowest BCUT2D eigenvalue weighted by molar-refractivity contribution is -0.112. The van der Waals surface area contributed by atoms with E-state index in [1.807, 2.05) is 79.7 Å². The molecule has 3 rings (SSSR count). The summed E-state index contributed by atoms with van der Waals surface area (Å²) in [5, 5.41) is 12.1. The Balaban J connectivity index is 1.64. The molecule has 0 aliphatic rings. The van der Waals surface area contributed by atoms with Crippen LogP contribution >= 0.6 is 0 Å². The zero-order chi connectivity index (χ0) is 19.8. The number of rotatable bonds is 6. The Bertz CT molecular complexity index is 999. The highest BCUT2D eigenvalue weighted by molar-refractivity contribution is 6.09. The number of benzene rings is 3. The number of aryl methyl sites for hydroxylation is 1. The maximum atomic E-state index is 12.3. The number of carbonyl (C=O) groups excluding carboxylic acids is 1. The molecular formula is C24H20N2O2. The topological polar surface area (TPSA) is 62.1 Å². The molecule has 0 spiro atoms. The first-order chi connectivity index (χ1) is 13.6. The molecule has 0 unspecified atom stereocenters. The van der Waals surface area contributed by atoms with Crippen LogP contribution in [0, 0.1) is 18.3 Å². The Labute approximate surface area is 164 Å². The molecule has 0 heterocycles. The minimum absolute atomic E-state index is 0.0403. The first-order valence-corrected chi connectivity index (χ1v) is 8.90. The lowest BCUT2D eigenvalue weighted by atomic mass is 10.1. The van der Waals surface area contributed by atoms with Crippen molar-refractivity contribution in [1.82, 2.24) is 0 Å². The van der Waals surface area contributed by atoms with Crippen molar-refractivity contribution in [3.05, 3.63) is 101 Å². The van der Waals surface area contributed by atoms with E-state index in [1.54, 1.807) is 18.2 Å². The summed E-state index contributed by atoms with van der Waals surface area (Å²) in [5.41, 5.74) is 3.64. The number of hydrogen-bond acceptors (Lipinski definition) is 3. The molecule has 0 aliphatic carbocycles. The second-order valence-corrected chi connectivity index (χ2v) is 6.33. The van der Waals surface area contributed by atoms with Gasteiger partial charge >= 0.3 is 0 Å². The molecule has 138 valence electrons. The largest absolute Gasteiger partial charge is 0.489 e. The van der Waals surface area contributed by atoms with Crippen molar-refractivity contribution in [2.75, 3.05) is 5.32 Å². The van der Waals surface area contributed by atoms with Crippen molar-refractivity contribution in [3.8, 4) is 11.8 Å². The van der Waals surface area contributed by atoms with Gasteiger partial charge in [0.25, 0.3) is 5.91 Å². The summed E-state index contributed by atoms with van der Waals surface area (Å²) in [6.07, 6.45) is 1.56. The molecule has 0 aromatic heterocycles. The standard InChI is InChI=1S/C24H20N2O2/c1-18-7-11-22(12-8-18)26-24(27)21(16-25)15-19-9-13-23(14-10-19)28-17-20-5-3-2-4-6-20/h2-15H,17H2,1H3,(H,26,27)/b21-15-. The summed E-state index contributed by atoms with van der Waals surface area (Å²) in [4.78, 5) is 12.3. The normalized spacial score (nSPS) is 10.8. The number of ether oxygens (including phenoxy) is 1. The monoisotopic (exact) mass is 368 g/mol. The van der Waals surface area contributed by atoms with Gasteiger partial charge in [0.1, 0.15) is 24.0 Å². The van der Waals surface area contributed by atoms with E-state index in [-0.39, 0.29) is 5.57 Å². The molecule has 0 radical (unpaired) electrons. The molecule has 4 heteroatoms. The fourth-order valence-electron chi connectivity index (χ4n) is 2.55. The van der Waals surface area contributed by atoms with Crippen LogP contribution in [0.4, 0.5) is 5.69 Å². The Kier molecular flexibility index (Phi) is 6.22. The highest BCUT2D eigenvalue weighted by Crippen LogP contribution is 2.17. The highest BCUT2D eigenvalue weighted by Gasteiger charge is 2.09. The third kappa shape index (κ3) is 5.33. The van der Waals surface area contributed by atoms with E-state index in [4.69, 9.17) is 4.74 Å². The fourth-order valence-corrected chi connectivity index (χ4v) is 2.55. The lowest BCUT2D eigenvalue weighted by Crippen LogP contribution is -2.13. The smallest absolute Gasteiger partial charge is 0.266 e. The number of carbonyl (C=O) groups is 1. The molecule has 3 aromatic carbocycles. The molecule has 0 saturated heterocycles. The third-order valence-corrected chi connectivity index (χ3v) is 4.11. The molecule has 0 fully saturated rings. The van der Waals surface area contributed by atoms with Gasteiger partial charge < -0.3 is 10.1 Å². The first kappa shape index (κ1) is 18.9. The van der Waals surface area contributed by atoms with Crippen LogP contribution in [0.5, 0.6) is 5.75 Å². The summed E-state index contributed by atoms with van der Waals surface area (Å²) >= 11 is 0. The molecule has 0 aliphatic heterocycles. The molecule has 0 atom stereocenters. The quantitative estimate of drug-likeness (QED) is 0.485. The van der Waals surface area contributed by atoms with E-state index in [0.29, 0.717) is 12.3 Å². The second kappa shape index (κ2) is 9.20. The molecule has 1 amide bonds. The third-order valence-electron chi connectivity index (χ3n) is 4.11. The summed E-state index contributed by atoms with van der Waals surface area (Å²) in [7, 11) is 0. The summed E-state index contributed by atoms with van der Waals surface area (Å²) in [6, 6.07) is 26.6. The van der Waals surface area contributed by atoms with Gasteiger partial charge in [-0.15, -0.1) is 0 Å². The minimum Gasteiger partial charge on any atom is -0.489 e. The average molecular weight is 368 g/mol. The van der Waals surface area contributed by atoms with Gasteiger partial charge in [0.15, 0.2) is 0 Å². The number of amides is 1. The Hall–Kier alpha value is -3.84. The van der Waals surface area contributed by atoms with Crippen molar-refractivity contribution in [3.63, 3.8) is 0 Å². The Morgan fingerprint density at radius 2 is 1.68 bits per heavy atom. The van der Waals surface area contributed by atoms with Gasteiger partial charge in [-0.2, -0.15) is 5.26 Å². The second-order valence-electron chi connectivity index (χ2n) is 6.33. The van der Waals surface area contributed by atoms with Crippen molar-refractivity contribution < 1.29 is 9.53 Å². The van der Waals surface area contributed by atoms with E-state index in [9.17, 15) is 10.1 Å². The van der Waals surface area contributed by atoms with Gasteiger partial charge in [-0.1, -0.05) is 60.2 Å². The molecule has 1 N–H and O–H groups in total. The van der Waals surface area contributed by atoms with E-state index in [0.717, 1.165) is 22.4 Å². The zero-order valence-electron chi connectivity index (χ0n) is 15.6. The molecule has 0 bridgehead atoms. The predicted molar refractivity (Wildman–Crippen MR) is 111 cm³/mol. The summed E-state index contributed by atoms with van der Waals surface area (Å²) in [5.74, 6) is 0.291. The number of hydrogen-bond donors (Lipinski definition) is 1. The van der Waals surface area contributed by atoms with Gasteiger partial charge in [0.2, 0.25) is 0 Å². The SMILES string of the molecule is Cc1ccc(NC(=O)/C(C#N)=C\c2ccc(OCc3ccccc3)cc2)cc1. The lowest BCUT2D eigenvalue weighted by Gasteiger charge is -2.07. The van der Waals surface area contributed by atoms with E-state index in [2.05, 4.69) is 5.32 Å². The van der Waals surface area contributed by atoms with Crippen molar-refractivity contribution in [1.29, 1.82) is 5.26 Å². The van der Waals surface area contributed by atoms with Crippen LogP contribution < -0.4 is 10.1 Å². The number of nitrogens with zero attached hydrogens (tertiary/aromatic N) is 1. The van der Waals surface area contributed by atoms with Crippen molar-refractivity contribution in [2.45, 2.75) is 13.5 Å². The summed E-state index contributed by atoms with van der Waals surface area (Å²) < 4.78 is 5.75. The molecule has 4 nitrogen and oxygen atoms in total. The predicted octanol–water partition coefficient (Wildman–Crippen LogP) is 5.12. The number of nitrogens with one attached hydrogen (secondary N) is 1. The Morgan fingerprint density at radius 3 is 2.32 bits per heavy atom. The van der Waals surface area contributed by atoms with Crippen LogP contribution in [0.1, 0.15) is 16.7 Å². The van der Waals surface area contributed by atoms with Crippen molar-refractivity contribution >= 4 is 17.7 Å². The molecule has 3 aromatic rings. The van der Waals surface area contributed by atoms with Crippen LogP contribution in [0.15, 0.2) is 84.4 Å².